The Morgan fingerprint density at radius 2 is 1.97 bits per heavy atom. The van der Waals surface area contributed by atoms with Crippen molar-refractivity contribution in [2.45, 2.75) is 35.7 Å². The molecule has 172 valence electrons. The number of carbonyl (C=O) groups excluding carboxylic acids is 1. The number of aryl methyl sites for hydroxylation is 1. The van der Waals surface area contributed by atoms with Gasteiger partial charge in [-0.25, -0.2) is 0 Å². The molecule has 1 heterocycles. The number of nitrogens with zero attached hydrogens (tertiary/aromatic N) is 3. The van der Waals surface area contributed by atoms with E-state index in [-0.39, 0.29) is 11.7 Å². The molecular formula is C24H19BrClN4O2S2+. The minimum absolute atomic E-state index is 0.122. The van der Waals surface area contributed by atoms with E-state index in [0.717, 1.165) is 16.6 Å². The number of halogens is 2. The van der Waals surface area contributed by atoms with Crippen LogP contribution >= 0.6 is 39.3 Å². The molecule has 0 unspecified atom stereocenters. The molecule has 1 aromatic heterocycles. The van der Waals surface area contributed by atoms with Crippen LogP contribution in [0.4, 0.5) is 5.69 Å². The van der Waals surface area contributed by atoms with E-state index in [2.05, 4.69) is 62.6 Å². The van der Waals surface area contributed by atoms with Crippen LogP contribution in [0, 0.1) is 6.92 Å². The highest BCUT2D eigenvalue weighted by Crippen LogP contribution is 2.45. The first kappa shape index (κ1) is 23.4. The molecule has 0 atom stereocenters. The van der Waals surface area contributed by atoms with E-state index in [1.54, 1.807) is 12.1 Å². The second-order valence-corrected chi connectivity index (χ2v) is 10.8. The van der Waals surface area contributed by atoms with Crippen LogP contribution in [0.2, 0.25) is 5.02 Å². The fraction of sp³-hybridized carbons (Fsp3) is 0.208. The quantitative estimate of drug-likeness (QED) is 0.200. The van der Waals surface area contributed by atoms with E-state index in [0.29, 0.717) is 43.1 Å². The molecule has 10 heteroatoms. The van der Waals surface area contributed by atoms with Gasteiger partial charge in [-0.05, 0) is 64.2 Å². The number of thioether (sulfide) groups is 1. The van der Waals surface area contributed by atoms with E-state index in [1.807, 2.05) is 10.6 Å². The highest BCUT2D eigenvalue weighted by atomic mass is 79.9. The molecule has 3 aromatic carbocycles. The Morgan fingerprint density at radius 3 is 2.68 bits per heavy atom. The first-order valence-electron chi connectivity index (χ1n) is 10.6. The molecular weight excluding hydrogens is 556 g/mol. The van der Waals surface area contributed by atoms with Gasteiger partial charge in [0, 0.05) is 21.7 Å². The SMILES string of the molecule is Cc1cc(C2CC2)c2ccccc2c1-n1c(Br)nnc1SCC(=O)Nc1ccc([S+]=O)cc1Cl. The molecule has 34 heavy (non-hydrogen) atoms. The third-order valence-corrected chi connectivity index (χ3v) is 7.92. The van der Waals surface area contributed by atoms with Gasteiger partial charge in [-0.2, -0.15) is 0 Å². The summed E-state index contributed by atoms with van der Waals surface area (Å²) < 4.78 is 13.5. The van der Waals surface area contributed by atoms with Crippen LogP contribution < -0.4 is 5.32 Å². The number of nitrogens with one attached hydrogen (secondary N) is 1. The smallest absolute Gasteiger partial charge is 0.324 e. The number of hydrogen-bond acceptors (Lipinski definition) is 5. The molecule has 1 amide bonds. The Kier molecular flexibility index (Phi) is 6.70. The average molecular weight is 575 g/mol. The number of fused-ring (bicyclic) bond motifs is 1. The number of hydrogen-bond donors (Lipinski definition) is 1. The fourth-order valence-electron chi connectivity index (χ4n) is 4.06. The monoisotopic (exact) mass is 573 g/mol. The third-order valence-electron chi connectivity index (χ3n) is 5.72. The van der Waals surface area contributed by atoms with Crippen LogP contribution in [-0.2, 0) is 20.7 Å². The van der Waals surface area contributed by atoms with Crippen LogP contribution in [0.15, 0.2) is 63.3 Å². The Bertz CT molecular complexity index is 1440. The lowest BCUT2D eigenvalue weighted by Gasteiger charge is -2.17. The van der Waals surface area contributed by atoms with E-state index in [4.69, 9.17) is 11.6 Å². The zero-order chi connectivity index (χ0) is 23.8. The normalized spacial score (nSPS) is 13.3. The zero-order valence-electron chi connectivity index (χ0n) is 18.0. The van der Waals surface area contributed by atoms with Crippen molar-refractivity contribution >= 4 is 73.3 Å². The average Bonchev–Trinajstić information content (AvgIpc) is 3.62. The zero-order valence-corrected chi connectivity index (χ0v) is 22.0. The summed E-state index contributed by atoms with van der Waals surface area (Å²) in [4.78, 5) is 13.1. The lowest BCUT2D eigenvalue weighted by molar-refractivity contribution is -0.113. The lowest BCUT2D eigenvalue weighted by atomic mass is 9.96. The van der Waals surface area contributed by atoms with Gasteiger partial charge in [0.1, 0.15) is 0 Å². The summed E-state index contributed by atoms with van der Waals surface area (Å²) in [6.07, 6.45) is 2.47. The van der Waals surface area contributed by atoms with Crippen molar-refractivity contribution in [3.8, 4) is 5.69 Å². The van der Waals surface area contributed by atoms with E-state index in [1.165, 1.54) is 41.6 Å². The largest absolute Gasteiger partial charge is 0.505 e. The van der Waals surface area contributed by atoms with Gasteiger partial charge in [0.25, 0.3) is 4.90 Å². The van der Waals surface area contributed by atoms with Crippen molar-refractivity contribution in [2.24, 2.45) is 0 Å². The van der Waals surface area contributed by atoms with Crippen molar-refractivity contribution in [1.82, 2.24) is 14.8 Å². The Balaban J connectivity index is 1.43. The maximum absolute atomic E-state index is 12.6. The second-order valence-electron chi connectivity index (χ2n) is 8.10. The summed E-state index contributed by atoms with van der Waals surface area (Å²) in [5, 5.41) is 14.7. The van der Waals surface area contributed by atoms with E-state index in [9.17, 15) is 9.00 Å². The van der Waals surface area contributed by atoms with Gasteiger partial charge in [0.15, 0.2) is 5.16 Å². The Labute approximate surface area is 218 Å². The summed E-state index contributed by atoms with van der Waals surface area (Å²) in [5.41, 5.74) is 4.00. The molecule has 0 aliphatic heterocycles. The van der Waals surface area contributed by atoms with Crippen LogP contribution in [-0.4, -0.2) is 26.4 Å². The number of amides is 1. The predicted octanol–water partition coefficient (Wildman–Crippen LogP) is 6.54. The van der Waals surface area contributed by atoms with Crippen LogP contribution in [0.5, 0.6) is 0 Å². The summed E-state index contributed by atoms with van der Waals surface area (Å²) in [5.74, 6) is 0.523. The number of carbonyl (C=O) groups is 1. The van der Waals surface area contributed by atoms with Gasteiger partial charge in [-0.15, -0.1) is 10.2 Å². The van der Waals surface area contributed by atoms with Crippen LogP contribution in [0.25, 0.3) is 16.5 Å². The van der Waals surface area contributed by atoms with Crippen LogP contribution in [0.1, 0.15) is 29.9 Å². The summed E-state index contributed by atoms with van der Waals surface area (Å²) in [6.45, 7) is 2.10. The molecule has 1 fully saturated rings. The van der Waals surface area contributed by atoms with Crippen molar-refractivity contribution in [2.75, 3.05) is 11.1 Å². The summed E-state index contributed by atoms with van der Waals surface area (Å²) in [7, 11) is 0. The Morgan fingerprint density at radius 1 is 1.21 bits per heavy atom. The lowest BCUT2D eigenvalue weighted by Crippen LogP contribution is -2.15. The molecule has 1 aliphatic rings. The molecule has 5 rings (SSSR count). The molecule has 1 saturated carbocycles. The van der Waals surface area contributed by atoms with E-state index >= 15 is 0 Å². The fourth-order valence-corrected chi connectivity index (χ4v) is 5.92. The molecule has 1 N–H and O–H groups in total. The highest BCUT2D eigenvalue weighted by molar-refractivity contribution is 9.10. The number of benzene rings is 3. The van der Waals surface area contributed by atoms with Crippen LogP contribution in [0.3, 0.4) is 0 Å². The van der Waals surface area contributed by atoms with E-state index < -0.39 is 0 Å². The van der Waals surface area contributed by atoms with Gasteiger partial charge < -0.3 is 5.32 Å². The van der Waals surface area contributed by atoms with Crippen molar-refractivity contribution in [3.05, 3.63) is 69.4 Å². The maximum Gasteiger partial charge on any atom is 0.505 e. The topological polar surface area (TPSA) is 76.9 Å². The predicted molar refractivity (Wildman–Crippen MR) is 140 cm³/mol. The molecule has 1 aliphatic carbocycles. The van der Waals surface area contributed by atoms with Gasteiger partial charge in [-0.1, -0.05) is 53.7 Å². The highest BCUT2D eigenvalue weighted by Gasteiger charge is 2.27. The summed E-state index contributed by atoms with van der Waals surface area (Å²) in [6, 6.07) is 15.5. The van der Waals surface area contributed by atoms with Gasteiger partial charge >= 0.3 is 11.7 Å². The van der Waals surface area contributed by atoms with Gasteiger partial charge in [0.05, 0.1) is 22.2 Å². The molecule has 6 nitrogen and oxygen atoms in total. The molecule has 0 radical (unpaired) electrons. The summed E-state index contributed by atoms with van der Waals surface area (Å²) >= 11 is 11.4. The maximum atomic E-state index is 12.6. The number of rotatable bonds is 7. The number of anilines is 1. The molecule has 4 aromatic rings. The molecule has 0 bridgehead atoms. The van der Waals surface area contributed by atoms with Gasteiger partial charge in [0.2, 0.25) is 10.6 Å². The first-order valence-corrected chi connectivity index (χ1v) is 13.5. The standard InChI is InChI=1S/C24H18BrClN4O2S2/c1-13-10-18(14-6-7-14)16-4-2-3-5-17(16)22(13)30-23(25)28-29-24(30)33-12-21(31)27-20-9-8-15(34-32)11-19(20)26/h2-5,8-11,14H,6-7,12H2,1H3/p+1. The van der Waals surface area contributed by atoms with Crippen molar-refractivity contribution in [3.63, 3.8) is 0 Å². The van der Waals surface area contributed by atoms with Gasteiger partial charge in [-0.3, -0.25) is 9.36 Å². The molecule has 0 saturated heterocycles. The molecule has 0 spiro atoms. The first-order chi connectivity index (χ1) is 16.5. The Hall–Kier alpha value is -2.33. The van der Waals surface area contributed by atoms with Crippen molar-refractivity contribution < 1.29 is 9.00 Å². The second kappa shape index (κ2) is 9.73. The van der Waals surface area contributed by atoms with Crippen molar-refractivity contribution in [1.29, 1.82) is 0 Å². The third kappa shape index (κ3) is 4.62. The minimum atomic E-state index is -0.231. The number of aromatic nitrogens is 3. The minimum Gasteiger partial charge on any atom is -0.324 e.